The first-order valence-corrected chi connectivity index (χ1v) is 15.2. The lowest BCUT2D eigenvalue weighted by molar-refractivity contribution is 0.590. The molecule has 1 unspecified atom stereocenters. The normalized spacial score (nSPS) is 17.4. The number of fused-ring (bicyclic) bond motifs is 2. The van der Waals surface area contributed by atoms with E-state index in [4.69, 9.17) is 0 Å². The second-order valence-electron chi connectivity index (χ2n) is 13.8. The highest BCUT2D eigenvalue weighted by molar-refractivity contribution is 8.09. The lowest BCUT2D eigenvalue weighted by Crippen LogP contribution is -2.20. The molecule has 0 saturated carbocycles. The number of nitrogens with zero attached hydrogens (tertiary/aromatic N) is 3. The number of hydrogen-bond acceptors (Lipinski definition) is 4. The first kappa shape index (κ1) is 28.8. The summed E-state index contributed by atoms with van der Waals surface area (Å²) in [6.45, 7) is 18.1. The molecule has 208 valence electrons. The van der Waals surface area contributed by atoms with Crippen molar-refractivity contribution in [3.63, 3.8) is 0 Å². The van der Waals surface area contributed by atoms with Crippen LogP contribution in [0.4, 0.5) is 17.1 Å². The third kappa shape index (κ3) is 5.35. The summed E-state index contributed by atoms with van der Waals surface area (Å²) < 4.78 is 0. The van der Waals surface area contributed by atoms with E-state index in [0.29, 0.717) is 0 Å². The van der Waals surface area contributed by atoms with E-state index in [1.54, 1.807) is 11.8 Å². The van der Waals surface area contributed by atoms with Gasteiger partial charge in [0.15, 0.2) is 0 Å². The molecule has 1 atom stereocenters. The van der Waals surface area contributed by atoms with Crippen LogP contribution in [0.25, 0.3) is 4.91 Å². The minimum Gasteiger partial charge on any atom is -0.310 e. The molecule has 1 aliphatic heterocycles. The van der Waals surface area contributed by atoms with E-state index < -0.39 is 0 Å². The molecule has 5 rings (SSSR count). The van der Waals surface area contributed by atoms with Crippen molar-refractivity contribution in [2.45, 2.75) is 83.3 Å². The molecule has 0 spiro atoms. The van der Waals surface area contributed by atoms with Gasteiger partial charge in [0.1, 0.15) is 17.7 Å². The number of rotatable bonds is 4. The summed E-state index contributed by atoms with van der Waals surface area (Å²) in [7, 11) is 0. The Morgan fingerprint density at radius 3 is 1.76 bits per heavy atom. The molecule has 4 heteroatoms. The van der Waals surface area contributed by atoms with Crippen LogP contribution in [0.1, 0.15) is 84.1 Å². The quantitative estimate of drug-likeness (QED) is 0.299. The standard InChI is InChI=1S/C37H39N3S/c1-35(2,3)25-9-13-27(14-10-25)40(28-15-11-26(12-16-28)36(4,5)6)29-17-18-31-32(20-29)37(7,8)33-21-30(41-34(31)33)19-24(22-38)23-39/h9-20,30H,21H2,1-8H3. The van der Waals surface area contributed by atoms with Crippen molar-refractivity contribution >= 4 is 33.7 Å². The predicted molar refractivity (Wildman–Crippen MR) is 174 cm³/mol. The first-order chi connectivity index (χ1) is 19.2. The highest BCUT2D eigenvalue weighted by Crippen LogP contribution is 2.59. The summed E-state index contributed by atoms with van der Waals surface area (Å²) in [5.74, 6) is 0. The maximum Gasteiger partial charge on any atom is 0.126 e. The van der Waals surface area contributed by atoms with Crippen LogP contribution in [0.3, 0.4) is 0 Å². The van der Waals surface area contributed by atoms with Crippen molar-refractivity contribution in [1.29, 1.82) is 10.5 Å². The lowest BCUT2D eigenvalue weighted by atomic mass is 9.79. The Hall–Kier alpha value is -3.73. The smallest absolute Gasteiger partial charge is 0.126 e. The van der Waals surface area contributed by atoms with Crippen LogP contribution < -0.4 is 4.90 Å². The maximum atomic E-state index is 9.26. The van der Waals surface area contributed by atoms with Gasteiger partial charge in [-0.05, 0) is 87.6 Å². The van der Waals surface area contributed by atoms with Gasteiger partial charge in [0.2, 0.25) is 0 Å². The van der Waals surface area contributed by atoms with E-state index in [1.165, 1.54) is 32.7 Å². The molecule has 3 aromatic rings. The summed E-state index contributed by atoms with van der Waals surface area (Å²) >= 11 is 1.79. The van der Waals surface area contributed by atoms with Crippen LogP contribution >= 0.6 is 11.8 Å². The van der Waals surface area contributed by atoms with Crippen LogP contribution in [0.15, 0.2) is 84.0 Å². The Morgan fingerprint density at radius 1 is 0.805 bits per heavy atom. The van der Waals surface area contributed by atoms with Crippen LogP contribution in [0.5, 0.6) is 0 Å². The van der Waals surface area contributed by atoms with E-state index in [9.17, 15) is 10.5 Å². The van der Waals surface area contributed by atoms with E-state index in [1.807, 2.05) is 18.2 Å². The molecule has 0 N–H and O–H groups in total. The predicted octanol–water partition coefficient (Wildman–Crippen LogP) is 10.2. The van der Waals surface area contributed by atoms with Crippen molar-refractivity contribution in [2.75, 3.05) is 4.90 Å². The molecule has 41 heavy (non-hydrogen) atoms. The topological polar surface area (TPSA) is 50.8 Å². The number of hydrogen-bond donors (Lipinski definition) is 0. The summed E-state index contributed by atoms with van der Waals surface area (Å²) in [6, 6.07) is 28.9. The van der Waals surface area contributed by atoms with Gasteiger partial charge in [0, 0.05) is 32.6 Å². The molecule has 0 fully saturated rings. The number of anilines is 3. The molecule has 1 aliphatic carbocycles. The van der Waals surface area contributed by atoms with Crippen molar-refractivity contribution in [1.82, 2.24) is 0 Å². The molecule has 0 bridgehead atoms. The molecule has 0 saturated heterocycles. The minimum absolute atomic E-state index is 0.0908. The number of thioether (sulfide) groups is 1. The zero-order valence-corrected chi connectivity index (χ0v) is 26.3. The van der Waals surface area contributed by atoms with Gasteiger partial charge in [-0.2, -0.15) is 10.5 Å². The van der Waals surface area contributed by atoms with Crippen LogP contribution in [0, 0.1) is 22.7 Å². The summed E-state index contributed by atoms with van der Waals surface area (Å²) in [5, 5.41) is 18.6. The largest absolute Gasteiger partial charge is 0.310 e. The molecule has 2 aliphatic rings. The molecule has 0 radical (unpaired) electrons. The Kier molecular flexibility index (Phi) is 7.21. The third-order valence-electron chi connectivity index (χ3n) is 8.46. The monoisotopic (exact) mass is 557 g/mol. The van der Waals surface area contributed by atoms with E-state index in [2.05, 4.69) is 127 Å². The first-order valence-electron chi connectivity index (χ1n) is 14.3. The zero-order chi connectivity index (χ0) is 29.7. The van der Waals surface area contributed by atoms with Crippen LogP contribution in [0.2, 0.25) is 0 Å². The van der Waals surface area contributed by atoms with Gasteiger partial charge in [-0.1, -0.05) is 85.7 Å². The van der Waals surface area contributed by atoms with Crippen LogP contribution in [-0.2, 0) is 16.2 Å². The third-order valence-corrected chi connectivity index (χ3v) is 9.77. The van der Waals surface area contributed by atoms with Gasteiger partial charge in [-0.3, -0.25) is 0 Å². The second kappa shape index (κ2) is 10.3. The van der Waals surface area contributed by atoms with Crippen molar-refractivity contribution in [3.8, 4) is 12.1 Å². The second-order valence-corrected chi connectivity index (χ2v) is 15.0. The number of benzene rings is 3. The SMILES string of the molecule is CC(C)(C)c1ccc(N(c2ccc(C(C)(C)C)cc2)c2ccc3c(c2)C(C)(C)C2=C3SC(C=C(C#N)C#N)C2)cc1. The molecular weight excluding hydrogens is 518 g/mol. The zero-order valence-electron chi connectivity index (χ0n) is 25.5. The highest BCUT2D eigenvalue weighted by Gasteiger charge is 2.43. The van der Waals surface area contributed by atoms with Crippen molar-refractivity contribution in [3.05, 3.63) is 106 Å². The number of nitriles is 2. The van der Waals surface area contributed by atoms with Gasteiger partial charge < -0.3 is 4.90 Å². The van der Waals surface area contributed by atoms with Crippen molar-refractivity contribution < 1.29 is 0 Å². The Bertz CT molecular complexity index is 1550. The van der Waals surface area contributed by atoms with Gasteiger partial charge in [0.05, 0.1) is 0 Å². The van der Waals surface area contributed by atoms with Crippen LogP contribution in [-0.4, -0.2) is 5.25 Å². The summed E-state index contributed by atoms with van der Waals surface area (Å²) in [5.41, 5.74) is 10.3. The van der Waals surface area contributed by atoms with Crippen molar-refractivity contribution in [2.24, 2.45) is 0 Å². The van der Waals surface area contributed by atoms with E-state index in [-0.39, 0.29) is 27.1 Å². The fourth-order valence-corrected chi connectivity index (χ4v) is 7.46. The average molecular weight is 558 g/mol. The Morgan fingerprint density at radius 2 is 1.29 bits per heavy atom. The molecule has 0 aromatic heterocycles. The summed E-state index contributed by atoms with van der Waals surface area (Å²) in [4.78, 5) is 3.67. The van der Waals surface area contributed by atoms with Gasteiger partial charge in [-0.25, -0.2) is 0 Å². The molecule has 3 aromatic carbocycles. The molecule has 3 nitrogen and oxygen atoms in total. The molecule has 0 amide bonds. The number of allylic oxidation sites excluding steroid dienone is 2. The highest BCUT2D eigenvalue weighted by atomic mass is 32.2. The van der Waals surface area contributed by atoms with Gasteiger partial charge >= 0.3 is 0 Å². The summed E-state index contributed by atoms with van der Waals surface area (Å²) in [6.07, 6.45) is 2.69. The van der Waals surface area contributed by atoms with Gasteiger partial charge in [0.25, 0.3) is 0 Å². The molecular formula is C37H39N3S. The average Bonchev–Trinajstić information content (AvgIpc) is 3.43. The lowest BCUT2D eigenvalue weighted by Gasteiger charge is -2.30. The Balaban J connectivity index is 1.57. The minimum atomic E-state index is -0.131. The van der Waals surface area contributed by atoms with E-state index in [0.717, 1.165) is 23.5 Å². The maximum absolute atomic E-state index is 9.26. The fraction of sp³-hybridized carbons (Fsp3) is 0.351. The van der Waals surface area contributed by atoms with E-state index >= 15 is 0 Å². The fourth-order valence-electron chi connectivity index (χ4n) is 5.92. The molecule has 1 heterocycles. The van der Waals surface area contributed by atoms with Gasteiger partial charge in [-0.15, -0.1) is 11.8 Å². The Labute approximate surface area is 250 Å².